The molecule has 0 aliphatic carbocycles. The molecular formula is C44H82N2O2. The van der Waals surface area contributed by atoms with E-state index in [1.54, 1.807) is 0 Å². The van der Waals surface area contributed by atoms with Gasteiger partial charge in [0.25, 0.3) is 0 Å². The van der Waals surface area contributed by atoms with Crippen LogP contribution in [0.5, 0.6) is 0 Å². The fourth-order valence-corrected chi connectivity index (χ4v) is 6.22. The second kappa shape index (κ2) is 38.0. The number of hydrogen-bond donors (Lipinski definition) is 2. The molecule has 0 aliphatic rings. The number of carbonyl (C=O) groups excluding carboxylic acids is 2. The summed E-state index contributed by atoms with van der Waals surface area (Å²) in [5.74, 6) is 0.834. The molecule has 4 heteroatoms. The molecular weight excluding hydrogens is 588 g/mol. The van der Waals surface area contributed by atoms with E-state index in [9.17, 15) is 9.59 Å². The molecule has 280 valence electrons. The standard InChI is InChI=1S/C44H82N2O2/c1-5-7-9-11-13-15-17-19-21-23-25-27-29-31-33-38-43(47)45-40-36-35-37-42(41(3)4)46-44(48)39-34-32-30-28-26-24-22-20-18-16-14-12-10-8-6-2/h7,9,13,15,19,21,41-42H,5-6,8,10-12,14,16-18,20,22-40H2,1-4H3,(H,45,47)(H,46,48)/b9-7-,15-13-,21-19-/t42-/m0/s1. The number of carbonyl (C=O) groups is 2. The first-order valence-corrected chi connectivity index (χ1v) is 21.0. The second-order valence-corrected chi connectivity index (χ2v) is 14.6. The Balaban J connectivity index is 3.64. The Morgan fingerprint density at radius 1 is 0.500 bits per heavy atom. The van der Waals surface area contributed by atoms with Crippen LogP contribution in [0.4, 0.5) is 0 Å². The van der Waals surface area contributed by atoms with E-state index in [0.29, 0.717) is 18.8 Å². The number of rotatable bonds is 36. The molecule has 0 rings (SSSR count). The fourth-order valence-electron chi connectivity index (χ4n) is 6.22. The lowest BCUT2D eigenvalue weighted by molar-refractivity contribution is -0.122. The molecule has 4 nitrogen and oxygen atoms in total. The second-order valence-electron chi connectivity index (χ2n) is 14.6. The minimum absolute atomic E-state index is 0.188. The SMILES string of the molecule is CC/C=C\C/C=C\C/C=C\CCCCCCCC(=O)NCCCC[C@H](NC(=O)CCCCCCCCCCCCCCCCC)C(C)C. The maximum atomic E-state index is 12.6. The summed E-state index contributed by atoms with van der Waals surface area (Å²) < 4.78 is 0. The highest BCUT2D eigenvalue weighted by Gasteiger charge is 2.15. The molecule has 0 aliphatic heterocycles. The number of nitrogens with one attached hydrogen (secondary N) is 2. The van der Waals surface area contributed by atoms with Crippen LogP contribution in [0.2, 0.25) is 0 Å². The van der Waals surface area contributed by atoms with Crippen molar-refractivity contribution >= 4 is 11.8 Å². The molecule has 0 aromatic rings. The maximum absolute atomic E-state index is 12.6. The lowest BCUT2D eigenvalue weighted by atomic mass is 9.98. The van der Waals surface area contributed by atoms with Crippen LogP contribution in [-0.2, 0) is 9.59 Å². The summed E-state index contributed by atoms with van der Waals surface area (Å²) in [7, 11) is 0. The molecule has 0 unspecified atom stereocenters. The highest BCUT2D eigenvalue weighted by atomic mass is 16.2. The summed E-state index contributed by atoms with van der Waals surface area (Å²) in [5.41, 5.74) is 0. The summed E-state index contributed by atoms with van der Waals surface area (Å²) in [6.07, 6.45) is 48.1. The number of allylic oxidation sites excluding steroid dienone is 6. The molecule has 1 atom stereocenters. The highest BCUT2D eigenvalue weighted by molar-refractivity contribution is 5.76. The molecule has 0 heterocycles. The van der Waals surface area contributed by atoms with Crippen molar-refractivity contribution in [3.63, 3.8) is 0 Å². The van der Waals surface area contributed by atoms with E-state index in [0.717, 1.165) is 70.8 Å². The Labute approximate surface area is 300 Å². The first-order chi connectivity index (χ1) is 23.5. The smallest absolute Gasteiger partial charge is 0.220 e. The van der Waals surface area contributed by atoms with Gasteiger partial charge in [-0.25, -0.2) is 0 Å². The van der Waals surface area contributed by atoms with Crippen molar-refractivity contribution in [3.8, 4) is 0 Å². The van der Waals surface area contributed by atoms with Crippen LogP contribution in [-0.4, -0.2) is 24.4 Å². The molecule has 0 fully saturated rings. The predicted molar refractivity (Wildman–Crippen MR) is 212 cm³/mol. The van der Waals surface area contributed by atoms with Gasteiger partial charge < -0.3 is 10.6 Å². The molecule has 0 bridgehead atoms. The zero-order valence-electron chi connectivity index (χ0n) is 32.6. The summed E-state index contributed by atoms with van der Waals surface area (Å²) in [5, 5.41) is 6.41. The van der Waals surface area contributed by atoms with Crippen molar-refractivity contribution in [1.29, 1.82) is 0 Å². The van der Waals surface area contributed by atoms with E-state index in [1.807, 2.05) is 0 Å². The molecule has 0 saturated heterocycles. The summed E-state index contributed by atoms with van der Waals surface area (Å²) in [6, 6.07) is 0.231. The van der Waals surface area contributed by atoms with E-state index < -0.39 is 0 Å². The number of hydrogen-bond acceptors (Lipinski definition) is 2. The van der Waals surface area contributed by atoms with Crippen molar-refractivity contribution in [2.75, 3.05) is 6.54 Å². The third kappa shape index (κ3) is 35.5. The summed E-state index contributed by atoms with van der Waals surface area (Å²) >= 11 is 0. The van der Waals surface area contributed by atoms with Gasteiger partial charge in [-0.2, -0.15) is 0 Å². The number of unbranched alkanes of at least 4 members (excludes halogenated alkanes) is 20. The van der Waals surface area contributed by atoms with Gasteiger partial charge in [0.1, 0.15) is 0 Å². The van der Waals surface area contributed by atoms with Crippen LogP contribution >= 0.6 is 0 Å². The minimum Gasteiger partial charge on any atom is -0.356 e. The van der Waals surface area contributed by atoms with Crippen molar-refractivity contribution in [3.05, 3.63) is 36.5 Å². The molecule has 0 saturated carbocycles. The number of amides is 2. The fraction of sp³-hybridized carbons (Fsp3) is 0.818. The molecule has 0 radical (unpaired) electrons. The van der Waals surface area contributed by atoms with Crippen LogP contribution in [0.1, 0.15) is 214 Å². The Hall–Kier alpha value is -1.84. The minimum atomic E-state index is 0.188. The molecule has 48 heavy (non-hydrogen) atoms. The van der Waals surface area contributed by atoms with Gasteiger partial charge in [0.2, 0.25) is 11.8 Å². The van der Waals surface area contributed by atoms with Crippen molar-refractivity contribution < 1.29 is 9.59 Å². The average molecular weight is 671 g/mol. The van der Waals surface area contributed by atoms with Gasteiger partial charge in [0.05, 0.1) is 0 Å². The lowest BCUT2D eigenvalue weighted by Crippen LogP contribution is -2.38. The Kier molecular flexibility index (Phi) is 36.5. The van der Waals surface area contributed by atoms with Crippen molar-refractivity contribution in [1.82, 2.24) is 10.6 Å². The molecule has 2 amide bonds. The van der Waals surface area contributed by atoms with Gasteiger partial charge >= 0.3 is 0 Å². The molecule has 0 spiro atoms. The topological polar surface area (TPSA) is 58.2 Å². The summed E-state index contributed by atoms with van der Waals surface area (Å²) in [4.78, 5) is 24.8. The van der Waals surface area contributed by atoms with Gasteiger partial charge in [0.15, 0.2) is 0 Å². The van der Waals surface area contributed by atoms with Crippen LogP contribution < -0.4 is 10.6 Å². The van der Waals surface area contributed by atoms with Crippen LogP contribution in [0.25, 0.3) is 0 Å². The maximum Gasteiger partial charge on any atom is 0.220 e. The van der Waals surface area contributed by atoms with E-state index in [2.05, 4.69) is 74.8 Å². The Bertz CT molecular complexity index is 785. The van der Waals surface area contributed by atoms with Gasteiger partial charge in [-0.05, 0) is 70.1 Å². The zero-order valence-corrected chi connectivity index (χ0v) is 32.6. The monoisotopic (exact) mass is 671 g/mol. The Morgan fingerprint density at radius 2 is 0.958 bits per heavy atom. The Morgan fingerprint density at radius 3 is 1.48 bits per heavy atom. The third-order valence-corrected chi connectivity index (χ3v) is 9.48. The van der Waals surface area contributed by atoms with Crippen LogP contribution in [0.3, 0.4) is 0 Å². The zero-order chi connectivity index (χ0) is 35.2. The average Bonchev–Trinajstić information content (AvgIpc) is 3.07. The van der Waals surface area contributed by atoms with Gasteiger partial charge in [-0.3, -0.25) is 9.59 Å². The summed E-state index contributed by atoms with van der Waals surface area (Å²) in [6.45, 7) is 9.59. The lowest BCUT2D eigenvalue weighted by Gasteiger charge is -2.22. The quantitative estimate of drug-likeness (QED) is 0.0515. The van der Waals surface area contributed by atoms with Gasteiger partial charge in [-0.1, -0.05) is 173 Å². The third-order valence-electron chi connectivity index (χ3n) is 9.48. The van der Waals surface area contributed by atoms with E-state index in [1.165, 1.54) is 109 Å². The van der Waals surface area contributed by atoms with Gasteiger partial charge in [0, 0.05) is 25.4 Å². The van der Waals surface area contributed by atoms with E-state index in [-0.39, 0.29) is 17.9 Å². The predicted octanol–water partition coefficient (Wildman–Crippen LogP) is 13.3. The van der Waals surface area contributed by atoms with E-state index >= 15 is 0 Å². The van der Waals surface area contributed by atoms with Gasteiger partial charge in [-0.15, -0.1) is 0 Å². The molecule has 0 aromatic carbocycles. The van der Waals surface area contributed by atoms with Crippen molar-refractivity contribution in [2.45, 2.75) is 220 Å². The van der Waals surface area contributed by atoms with E-state index in [4.69, 9.17) is 0 Å². The largest absolute Gasteiger partial charge is 0.356 e. The molecule has 2 N–H and O–H groups in total. The van der Waals surface area contributed by atoms with Crippen molar-refractivity contribution in [2.24, 2.45) is 5.92 Å². The normalized spacial score (nSPS) is 12.6. The van der Waals surface area contributed by atoms with Crippen LogP contribution in [0, 0.1) is 5.92 Å². The first kappa shape index (κ1) is 46.2. The highest BCUT2D eigenvalue weighted by Crippen LogP contribution is 2.15. The first-order valence-electron chi connectivity index (χ1n) is 21.0. The van der Waals surface area contributed by atoms with Crippen LogP contribution in [0.15, 0.2) is 36.5 Å². The molecule has 0 aromatic heterocycles.